The summed E-state index contributed by atoms with van der Waals surface area (Å²) in [6.45, 7) is 11.7. The maximum Gasteiger partial charge on any atom is 0.407 e. The molecule has 4 heterocycles. The number of allylic oxidation sites excluding steroid dienone is 1. The summed E-state index contributed by atoms with van der Waals surface area (Å²) in [6.07, 6.45) is 7.98. The van der Waals surface area contributed by atoms with E-state index in [9.17, 15) is 14.4 Å². The third kappa shape index (κ3) is 11.2. The van der Waals surface area contributed by atoms with E-state index in [1.54, 1.807) is 0 Å². The second-order valence-corrected chi connectivity index (χ2v) is 16.0. The van der Waals surface area contributed by atoms with E-state index < -0.39 is 12.1 Å². The van der Waals surface area contributed by atoms with Crippen LogP contribution >= 0.6 is 81.0 Å². The van der Waals surface area contributed by atoms with Crippen molar-refractivity contribution in [2.45, 2.75) is 110 Å². The number of likely N-dealkylation sites (tertiary alicyclic amines) is 2. The topological polar surface area (TPSA) is 104 Å². The Morgan fingerprint density at radius 1 is 0.737 bits per heavy atom. The molecule has 0 unspecified atom stereocenters. The molecule has 0 aromatic heterocycles. The van der Waals surface area contributed by atoms with E-state index in [0.29, 0.717) is 24.3 Å². The molecule has 7 rings (SSSR count). The lowest BCUT2D eigenvalue weighted by Crippen LogP contribution is -2.53. The molecule has 6 atom stereocenters. The Morgan fingerprint density at radius 2 is 1.32 bits per heavy atom. The minimum Gasteiger partial charge on any atom is -0.453 e. The quantitative estimate of drug-likeness (QED) is 0.261. The summed E-state index contributed by atoms with van der Waals surface area (Å²) in [6, 6.07) is 15.2. The minimum absolute atomic E-state index is 0. The van der Waals surface area contributed by atoms with Gasteiger partial charge in [-0.3, -0.25) is 19.6 Å². The Balaban J connectivity index is 0.00000271. The van der Waals surface area contributed by atoms with Gasteiger partial charge in [0, 0.05) is 49.5 Å². The number of amides is 3. The van der Waals surface area contributed by atoms with Crippen molar-refractivity contribution in [2.75, 3.05) is 20.2 Å². The molecule has 0 bridgehead atoms. The maximum absolute atomic E-state index is 13.6. The van der Waals surface area contributed by atoms with Crippen molar-refractivity contribution in [1.82, 2.24) is 15.1 Å². The zero-order valence-corrected chi connectivity index (χ0v) is 40.0. The number of methoxy groups -OCH3 is 1. The summed E-state index contributed by atoms with van der Waals surface area (Å²) in [5.74, 6) is 1.50. The van der Waals surface area contributed by atoms with Crippen LogP contribution in [-0.2, 0) is 20.7 Å². The first-order valence-electron chi connectivity index (χ1n) is 19.1. The van der Waals surface area contributed by atoms with Gasteiger partial charge in [-0.05, 0) is 89.7 Å². The Hall–Kier alpha value is -2.17. The molecule has 3 amide bonds. The first-order chi connectivity index (χ1) is 24.5. The minimum atomic E-state index is -0.631. The summed E-state index contributed by atoms with van der Waals surface area (Å²) < 4.78 is 4.79. The molecule has 4 aliphatic heterocycles. The number of carbonyl (C=O) groups is 3. The molecular formula is C42H65N5O4S6. The van der Waals surface area contributed by atoms with E-state index in [-0.39, 0.29) is 117 Å². The lowest BCUT2D eigenvalue weighted by atomic mass is 9.94. The second-order valence-electron chi connectivity index (χ2n) is 16.0. The Bertz CT molecular complexity index is 1800. The van der Waals surface area contributed by atoms with E-state index >= 15 is 0 Å². The Morgan fingerprint density at radius 3 is 1.91 bits per heavy atom. The first-order valence-corrected chi connectivity index (χ1v) is 19.1. The van der Waals surface area contributed by atoms with E-state index in [1.165, 1.54) is 34.9 Å². The van der Waals surface area contributed by atoms with Gasteiger partial charge in [-0.15, -0.1) is 0 Å². The molecule has 57 heavy (non-hydrogen) atoms. The summed E-state index contributed by atoms with van der Waals surface area (Å²) in [5.41, 5.74) is 9.60. The fraction of sp³-hybridized carbons (Fsp3) is 0.548. The normalized spacial score (nSPS) is 22.4. The number of nitrogens with one attached hydrogen (secondary N) is 1. The van der Waals surface area contributed by atoms with Crippen LogP contribution in [0, 0.1) is 17.8 Å². The molecule has 2 saturated heterocycles. The molecule has 1 aliphatic carbocycles. The Kier molecular flexibility index (Phi) is 20.8. The smallest absolute Gasteiger partial charge is 0.407 e. The van der Waals surface area contributed by atoms with Crippen LogP contribution < -0.4 is 5.32 Å². The summed E-state index contributed by atoms with van der Waals surface area (Å²) in [7, 11) is 1.32. The molecule has 1 N–H and O–H groups in total. The highest BCUT2D eigenvalue weighted by Crippen LogP contribution is 2.55. The molecule has 318 valence electrons. The third-order valence-corrected chi connectivity index (χ3v) is 12.0. The maximum atomic E-state index is 13.6. The molecule has 0 radical (unpaired) electrons. The van der Waals surface area contributed by atoms with E-state index in [1.807, 2.05) is 24.9 Å². The van der Waals surface area contributed by atoms with E-state index in [2.05, 4.69) is 73.5 Å². The number of aliphatic imine (C=N–C) groups is 2. The van der Waals surface area contributed by atoms with Gasteiger partial charge in [0.15, 0.2) is 0 Å². The monoisotopic (exact) mass is 895 g/mol. The van der Waals surface area contributed by atoms with Crippen molar-refractivity contribution in [3.63, 3.8) is 0 Å². The van der Waals surface area contributed by atoms with Gasteiger partial charge in [0.1, 0.15) is 6.04 Å². The van der Waals surface area contributed by atoms with Gasteiger partial charge < -0.3 is 19.9 Å². The van der Waals surface area contributed by atoms with Crippen molar-refractivity contribution in [3.8, 4) is 0 Å². The lowest BCUT2D eigenvalue weighted by Gasteiger charge is -2.30. The van der Waals surface area contributed by atoms with Crippen LogP contribution in [0.1, 0.15) is 107 Å². The van der Waals surface area contributed by atoms with Crippen LogP contribution in [0.2, 0.25) is 0 Å². The zero-order chi connectivity index (χ0) is 36.0. The molecular weight excluding hydrogens is 831 g/mol. The average molecular weight is 896 g/mol. The standard InChI is InChI=1S/C42H53N5O4.6H2S/c1-24(2)26(5)40(48)46-17-7-9-37(46)35-21-31(23-43-35)27-11-13-28(14-12-27)32-22-33(32)29-15-16-34-30(19-29)20-36(44-34)38-10-8-18-47(38)41(49)39(25(3)4)45-42(50)51-6;;;;;;/h11-16,19,23-26,32-33,37-39H,7-10,17-18,20-22H2,1-6H3,(H,45,50);6*1H2/t26-,32+,33+,37-,38-,39-;;;;;;/m0....../s1. The number of rotatable bonds is 10. The van der Waals surface area contributed by atoms with Gasteiger partial charge in [-0.25, -0.2) is 4.79 Å². The number of nitrogens with zero attached hydrogens (tertiary/aromatic N) is 4. The number of alkyl carbamates (subject to hydrolysis) is 1. The van der Waals surface area contributed by atoms with Gasteiger partial charge in [-0.2, -0.15) is 81.0 Å². The fourth-order valence-electron chi connectivity index (χ4n) is 8.55. The molecule has 9 nitrogen and oxygen atoms in total. The predicted octanol–water partition coefficient (Wildman–Crippen LogP) is 8.10. The van der Waals surface area contributed by atoms with E-state index in [0.717, 1.165) is 68.6 Å². The van der Waals surface area contributed by atoms with Crippen LogP contribution in [0.25, 0.3) is 5.57 Å². The lowest BCUT2D eigenvalue weighted by molar-refractivity contribution is -0.136. The van der Waals surface area contributed by atoms with Crippen LogP contribution in [-0.4, -0.2) is 77.5 Å². The summed E-state index contributed by atoms with van der Waals surface area (Å²) in [5, 5.41) is 2.74. The molecule has 3 fully saturated rings. The van der Waals surface area contributed by atoms with Crippen LogP contribution in [0.5, 0.6) is 0 Å². The molecule has 2 aromatic carbocycles. The van der Waals surface area contributed by atoms with Crippen LogP contribution in [0.4, 0.5) is 10.5 Å². The van der Waals surface area contributed by atoms with Crippen molar-refractivity contribution in [3.05, 3.63) is 70.9 Å². The number of carbonyl (C=O) groups excluding carboxylic acids is 3. The van der Waals surface area contributed by atoms with Gasteiger partial charge in [0.2, 0.25) is 11.8 Å². The fourth-order valence-corrected chi connectivity index (χ4v) is 8.55. The first kappa shape index (κ1) is 52.8. The number of fused-ring (bicyclic) bond motifs is 1. The SMILES string of the molecule is COC(=O)N[C@H](C(=O)N1CCC[C@H]1C1=Nc2ccc([C@H]3C[C@@H]3c3ccc(C4=CN=C([C@@H]5CCCN5C(=O)[C@@H](C)C(C)C)C4)cc3)cc2C1)C(C)C.S.S.S.S.S.S. The highest BCUT2D eigenvalue weighted by Gasteiger charge is 2.42. The molecule has 5 aliphatic rings. The van der Waals surface area contributed by atoms with Crippen LogP contribution in [0.3, 0.4) is 0 Å². The number of hydrogen-bond donors (Lipinski definition) is 1. The largest absolute Gasteiger partial charge is 0.453 e. The molecule has 0 spiro atoms. The van der Waals surface area contributed by atoms with Gasteiger partial charge in [0.25, 0.3) is 0 Å². The molecule has 1 saturated carbocycles. The number of ether oxygens (including phenoxy) is 1. The van der Waals surface area contributed by atoms with Crippen molar-refractivity contribution in [2.24, 2.45) is 27.7 Å². The van der Waals surface area contributed by atoms with Crippen molar-refractivity contribution < 1.29 is 19.1 Å². The average Bonchev–Trinajstić information content (AvgIpc) is 3.64. The highest BCUT2D eigenvalue weighted by molar-refractivity contribution is 7.60. The van der Waals surface area contributed by atoms with E-state index in [4.69, 9.17) is 14.7 Å². The van der Waals surface area contributed by atoms with Gasteiger partial charge in [-0.1, -0.05) is 71.0 Å². The van der Waals surface area contributed by atoms with Crippen LogP contribution in [0.15, 0.2) is 58.6 Å². The number of hydrogen-bond acceptors (Lipinski definition) is 6. The molecule has 15 heteroatoms. The highest BCUT2D eigenvalue weighted by atomic mass is 32.1. The van der Waals surface area contributed by atoms with Gasteiger partial charge >= 0.3 is 6.09 Å². The number of benzene rings is 2. The zero-order valence-electron chi connectivity index (χ0n) is 34.0. The molecule has 2 aromatic rings. The van der Waals surface area contributed by atoms with Crippen molar-refractivity contribution in [1.29, 1.82) is 0 Å². The third-order valence-electron chi connectivity index (χ3n) is 12.0. The predicted molar refractivity (Wildman–Crippen MR) is 264 cm³/mol. The van der Waals surface area contributed by atoms with Crippen molar-refractivity contribution >= 4 is 122 Å². The second kappa shape index (κ2) is 22.4. The summed E-state index contributed by atoms with van der Waals surface area (Å²) >= 11 is 0. The van der Waals surface area contributed by atoms with Gasteiger partial charge in [0.05, 0.1) is 24.9 Å². The Labute approximate surface area is 381 Å². The summed E-state index contributed by atoms with van der Waals surface area (Å²) in [4.78, 5) is 52.7.